The SMILES string of the molecule is CC(C)NCC1CCCN(C(=O)Cc2cccc(Cl)c2)C1. The molecule has 1 fully saturated rings. The molecule has 1 saturated heterocycles. The van der Waals surface area contributed by atoms with E-state index in [4.69, 9.17) is 11.6 Å². The van der Waals surface area contributed by atoms with Crippen LogP contribution < -0.4 is 5.32 Å². The molecule has 0 aromatic heterocycles. The zero-order valence-corrected chi connectivity index (χ0v) is 13.7. The molecule has 116 valence electrons. The Hall–Kier alpha value is -1.06. The van der Waals surface area contributed by atoms with E-state index in [0.717, 1.165) is 31.6 Å². The molecular formula is C17H25ClN2O. The molecule has 0 bridgehead atoms. The average Bonchev–Trinajstić information content (AvgIpc) is 2.45. The molecule has 1 amide bonds. The highest BCUT2D eigenvalue weighted by molar-refractivity contribution is 6.30. The highest BCUT2D eigenvalue weighted by Gasteiger charge is 2.23. The number of carbonyl (C=O) groups is 1. The molecule has 21 heavy (non-hydrogen) atoms. The normalized spacial score (nSPS) is 19.0. The predicted molar refractivity (Wildman–Crippen MR) is 87.6 cm³/mol. The number of nitrogens with zero attached hydrogens (tertiary/aromatic N) is 1. The molecule has 1 aliphatic heterocycles. The van der Waals surface area contributed by atoms with Crippen molar-refractivity contribution in [2.75, 3.05) is 19.6 Å². The van der Waals surface area contributed by atoms with E-state index in [1.165, 1.54) is 6.42 Å². The molecule has 3 nitrogen and oxygen atoms in total. The van der Waals surface area contributed by atoms with Crippen LogP contribution in [-0.2, 0) is 11.2 Å². The number of nitrogens with one attached hydrogen (secondary N) is 1. The fourth-order valence-corrected chi connectivity index (χ4v) is 3.01. The lowest BCUT2D eigenvalue weighted by atomic mass is 9.97. The molecule has 1 aliphatic rings. The lowest BCUT2D eigenvalue weighted by Crippen LogP contribution is -2.44. The van der Waals surface area contributed by atoms with Crippen LogP contribution in [0.5, 0.6) is 0 Å². The van der Waals surface area contributed by atoms with Crippen molar-refractivity contribution in [2.45, 2.75) is 39.2 Å². The number of benzene rings is 1. The first-order valence-electron chi connectivity index (χ1n) is 7.80. The van der Waals surface area contributed by atoms with Crippen molar-refractivity contribution in [3.05, 3.63) is 34.9 Å². The third-order valence-corrected chi connectivity index (χ3v) is 4.17. The number of likely N-dealkylation sites (tertiary alicyclic amines) is 1. The Labute approximate surface area is 132 Å². The number of piperidine rings is 1. The molecule has 2 rings (SSSR count). The van der Waals surface area contributed by atoms with Gasteiger partial charge in [-0.3, -0.25) is 4.79 Å². The van der Waals surface area contributed by atoms with Crippen LogP contribution in [-0.4, -0.2) is 36.5 Å². The van der Waals surface area contributed by atoms with Crippen LogP contribution >= 0.6 is 11.6 Å². The van der Waals surface area contributed by atoms with Crippen LogP contribution in [0.25, 0.3) is 0 Å². The first-order chi connectivity index (χ1) is 10.0. The summed E-state index contributed by atoms with van der Waals surface area (Å²) in [4.78, 5) is 14.4. The predicted octanol–water partition coefficient (Wildman–Crippen LogP) is 3.12. The Kier molecular flexibility index (Phi) is 6.07. The molecule has 0 saturated carbocycles. The topological polar surface area (TPSA) is 32.3 Å². The van der Waals surface area contributed by atoms with Crippen LogP contribution in [0.3, 0.4) is 0 Å². The van der Waals surface area contributed by atoms with Gasteiger partial charge < -0.3 is 10.2 Å². The summed E-state index contributed by atoms with van der Waals surface area (Å²) < 4.78 is 0. The quantitative estimate of drug-likeness (QED) is 0.906. The molecule has 0 aliphatic carbocycles. The summed E-state index contributed by atoms with van der Waals surface area (Å²) >= 11 is 5.97. The molecule has 0 spiro atoms. The van der Waals surface area contributed by atoms with E-state index in [1.807, 2.05) is 29.2 Å². The van der Waals surface area contributed by atoms with E-state index in [1.54, 1.807) is 0 Å². The summed E-state index contributed by atoms with van der Waals surface area (Å²) in [7, 11) is 0. The smallest absolute Gasteiger partial charge is 0.227 e. The van der Waals surface area contributed by atoms with E-state index in [-0.39, 0.29) is 5.91 Å². The first-order valence-corrected chi connectivity index (χ1v) is 8.18. The van der Waals surface area contributed by atoms with E-state index in [9.17, 15) is 4.79 Å². The monoisotopic (exact) mass is 308 g/mol. The van der Waals surface area contributed by atoms with Gasteiger partial charge in [0.2, 0.25) is 5.91 Å². The molecule has 0 radical (unpaired) electrons. The Balaban J connectivity index is 1.87. The molecule has 4 heteroatoms. The van der Waals surface area contributed by atoms with Gasteiger partial charge >= 0.3 is 0 Å². The first kappa shape index (κ1) is 16.3. The van der Waals surface area contributed by atoms with Crippen molar-refractivity contribution in [1.29, 1.82) is 0 Å². The minimum Gasteiger partial charge on any atom is -0.342 e. The molecule has 1 aromatic carbocycles. The number of hydrogen-bond donors (Lipinski definition) is 1. The van der Waals surface area contributed by atoms with Crippen molar-refractivity contribution in [3.63, 3.8) is 0 Å². The summed E-state index contributed by atoms with van der Waals surface area (Å²) in [6, 6.07) is 8.08. The van der Waals surface area contributed by atoms with Gasteiger partial charge in [-0.1, -0.05) is 37.6 Å². The molecule has 1 unspecified atom stereocenters. The van der Waals surface area contributed by atoms with E-state index in [0.29, 0.717) is 23.4 Å². The second-order valence-electron chi connectivity index (χ2n) is 6.22. The van der Waals surface area contributed by atoms with Crippen LogP contribution in [0.4, 0.5) is 0 Å². The van der Waals surface area contributed by atoms with Crippen molar-refractivity contribution in [2.24, 2.45) is 5.92 Å². The highest BCUT2D eigenvalue weighted by Crippen LogP contribution is 2.18. The van der Waals surface area contributed by atoms with Gasteiger partial charge in [-0.25, -0.2) is 0 Å². The zero-order valence-electron chi connectivity index (χ0n) is 12.9. The average molecular weight is 309 g/mol. The van der Waals surface area contributed by atoms with Crippen LogP contribution in [0.15, 0.2) is 24.3 Å². The Bertz CT molecular complexity index is 476. The van der Waals surface area contributed by atoms with Gasteiger partial charge in [0.1, 0.15) is 0 Å². The Morgan fingerprint density at radius 3 is 3.00 bits per heavy atom. The summed E-state index contributed by atoms with van der Waals surface area (Å²) in [6.45, 7) is 7.07. The fraction of sp³-hybridized carbons (Fsp3) is 0.588. The van der Waals surface area contributed by atoms with Gasteiger partial charge in [-0.05, 0) is 43.0 Å². The van der Waals surface area contributed by atoms with Crippen LogP contribution in [0.2, 0.25) is 5.02 Å². The van der Waals surface area contributed by atoms with Gasteiger partial charge in [0.15, 0.2) is 0 Å². The summed E-state index contributed by atoms with van der Waals surface area (Å²) in [5.41, 5.74) is 0.995. The molecule has 1 heterocycles. The standard InChI is InChI=1S/C17H25ClN2O/c1-13(2)19-11-15-6-4-8-20(12-15)17(21)10-14-5-3-7-16(18)9-14/h3,5,7,9,13,15,19H,4,6,8,10-12H2,1-2H3. The van der Waals surface area contributed by atoms with E-state index in [2.05, 4.69) is 19.2 Å². The van der Waals surface area contributed by atoms with Gasteiger partial charge in [0, 0.05) is 24.2 Å². The molecule has 1 atom stereocenters. The number of halogens is 1. The third-order valence-electron chi connectivity index (χ3n) is 3.93. The Morgan fingerprint density at radius 2 is 2.29 bits per heavy atom. The number of carbonyl (C=O) groups excluding carboxylic acids is 1. The lowest BCUT2D eigenvalue weighted by Gasteiger charge is -2.33. The fourth-order valence-electron chi connectivity index (χ4n) is 2.79. The van der Waals surface area contributed by atoms with Crippen LogP contribution in [0, 0.1) is 5.92 Å². The maximum atomic E-state index is 12.4. The minimum absolute atomic E-state index is 0.214. The van der Waals surface area contributed by atoms with Gasteiger partial charge in [-0.2, -0.15) is 0 Å². The number of rotatable bonds is 5. The zero-order chi connectivity index (χ0) is 15.2. The van der Waals surface area contributed by atoms with Crippen LogP contribution in [0.1, 0.15) is 32.3 Å². The van der Waals surface area contributed by atoms with E-state index < -0.39 is 0 Å². The lowest BCUT2D eigenvalue weighted by molar-refractivity contribution is -0.132. The van der Waals surface area contributed by atoms with Gasteiger partial charge in [0.25, 0.3) is 0 Å². The van der Waals surface area contributed by atoms with Gasteiger partial charge in [0.05, 0.1) is 6.42 Å². The maximum absolute atomic E-state index is 12.4. The second-order valence-corrected chi connectivity index (χ2v) is 6.65. The summed E-state index contributed by atoms with van der Waals surface area (Å²) in [5, 5.41) is 4.17. The van der Waals surface area contributed by atoms with E-state index >= 15 is 0 Å². The van der Waals surface area contributed by atoms with Crippen molar-refractivity contribution < 1.29 is 4.79 Å². The summed E-state index contributed by atoms with van der Waals surface area (Å²) in [6.07, 6.45) is 2.76. The Morgan fingerprint density at radius 1 is 1.48 bits per heavy atom. The number of amides is 1. The van der Waals surface area contributed by atoms with Crippen molar-refractivity contribution >= 4 is 17.5 Å². The largest absolute Gasteiger partial charge is 0.342 e. The molecule has 1 aromatic rings. The van der Waals surface area contributed by atoms with Crippen molar-refractivity contribution in [1.82, 2.24) is 10.2 Å². The van der Waals surface area contributed by atoms with Crippen molar-refractivity contribution in [3.8, 4) is 0 Å². The minimum atomic E-state index is 0.214. The second kappa shape index (κ2) is 7.81. The molecule has 1 N–H and O–H groups in total. The third kappa shape index (κ3) is 5.33. The van der Waals surface area contributed by atoms with Gasteiger partial charge in [-0.15, -0.1) is 0 Å². The highest BCUT2D eigenvalue weighted by atomic mass is 35.5. The summed E-state index contributed by atoms with van der Waals surface area (Å²) in [5.74, 6) is 0.788. The number of hydrogen-bond acceptors (Lipinski definition) is 2. The maximum Gasteiger partial charge on any atom is 0.227 e. The molecular weight excluding hydrogens is 284 g/mol.